The Morgan fingerprint density at radius 1 is 1.47 bits per heavy atom. The van der Waals surface area contributed by atoms with Crippen molar-refractivity contribution in [3.63, 3.8) is 0 Å². The summed E-state index contributed by atoms with van der Waals surface area (Å²) in [4.78, 5) is 0.269. The van der Waals surface area contributed by atoms with Gasteiger partial charge in [-0.15, -0.1) is 0 Å². The Balaban J connectivity index is 3.00. The van der Waals surface area contributed by atoms with Gasteiger partial charge in [0.2, 0.25) is 10.0 Å². The molecule has 0 aliphatic heterocycles. The van der Waals surface area contributed by atoms with Crippen LogP contribution in [0.1, 0.15) is 12.5 Å². The molecule has 0 radical (unpaired) electrons. The van der Waals surface area contributed by atoms with Crippen LogP contribution in [0.3, 0.4) is 0 Å². The van der Waals surface area contributed by atoms with E-state index < -0.39 is 10.0 Å². The van der Waals surface area contributed by atoms with Gasteiger partial charge in [0.1, 0.15) is 0 Å². The molecule has 0 aromatic heterocycles. The summed E-state index contributed by atoms with van der Waals surface area (Å²) in [6, 6.07) is 8.77. The molecule has 92 valence electrons. The molecule has 0 heterocycles. The average molecular weight is 252 g/mol. The highest BCUT2D eigenvalue weighted by atomic mass is 32.2. The van der Waals surface area contributed by atoms with Gasteiger partial charge >= 0.3 is 0 Å². The van der Waals surface area contributed by atoms with Crippen molar-refractivity contribution in [1.82, 2.24) is 4.31 Å². The molecule has 1 unspecified atom stereocenters. The van der Waals surface area contributed by atoms with Crippen molar-refractivity contribution in [1.29, 1.82) is 5.26 Å². The maximum atomic E-state index is 12.2. The van der Waals surface area contributed by atoms with E-state index >= 15 is 0 Å². The average Bonchev–Trinajstić information content (AvgIpc) is 2.28. The van der Waals surface area contributed by atoms with Gasteiger partial charge in [0.15, 0.2) is 0 Å². The summed E-state index contributed by atoms with van der Waals surface area (Å²) in [5.74, 6) is -0.320. The highest BCUT2D eigenvalue weighted by Crippen LogP contribution is 2.16. The van der Waals surface area contributed by atoms with Gasteiger partial charge in [0.25, 0.3) is 0 Å². The normalized spacial score (nSPS) is 13.4. The number of aryl methyl sites for hydroxylation is 1. The molecule has 0 N–H and O–H groups in total. The monoisotopic (exact) mass is 252 g/mol. The SMILES string of the molecule is Cc1cccc(S(=O)(=O)N(C)CC(C)C#N)c1. The van der Waals surface area contributed by atoms with E-state index in [9.17, 15) is 8.42 Å². The standard InChI is InChI=1S/C12H16N2O2S/c1-10-5-4-6-12(7-10)17(15,16)14(3)9-11(2)8-13/h4-7,11H,9H2,1-3H3. The zero-order valence-corrected chi connectivity index (χ0v) is 11.0. The predicted molar refractivity (Wildman–Crippen MR) is 65.8 cm³/mol. The van der Waals surface area contributed by atoms with Gasteiger partial charge in [0, 0.05) is 13.6 Å². The van der Waals surface area contributed by atoms with Crippen molar-refractivity contribution >= 4 is 10.0 Å². The first-order valence-electron chi connectivity index (χ1n) is 5.30. The second kappa shape index (κ2) is 5.30. The van der Waals surface area contributed by atoms with Crippen LogP contribution in [-0.2, 0) is 10.0 Å². The van der Waals surface area contributed by atoms with E-state index in [0.29, 0.717) is 0 Å². The molecule has 0 fully saturated rings. The lowest BCUT2D eigenvalue weighted by Crippen LogP contribution is -2.30. The van der Waals surface area contributed by atoms with Gasteiger partial charge < -0.3 is 0 Å². The lowest BCUT2D eigenvalue weighted by Gasteiger charge is -2.18. The zero-order valence-electron chi connectivity index (χ0n) is 10.2. The van der Waals surface area contributed by atoms with E-state index in [4.69, 9.17) is 5.26 Å². The summed E-state index contributed by atoms with van der Waals surface area (Å²) in [5, 5.41) is 8.69. The Hall–Kier alpha value is -1.38. The largest absolute Gasteiger partial charge is 0.242 e. The van der Waals surface area contributed by atoms with Crippen LogP contribution in [0.25, 0.3) is 0 Å². The Labute approximate surface area is 103 Å². The summed E-state index contributed by atoms with van der Waals surface area (Å²) in [5.41, 5.74) is 0.896. The van der Waals surface area contributed by atoms with Crippen molar-refractivity contribution in [2.24, 2.45) is 5.92 Å². The van der Waals surface area contributed by atoms with Gasteiger partial charge in [0.05, 0.1) is 16.9 Å². The van der Waals surface area contributed by atoms with Crippen molar-refractivity contribution < 1.29 is 8.42 Å². The predicted octanol–water partition coefficient (Wildman–Crippen LogP) is 1.78. The second-order valence-electron chi connectivity index (χ2n) is 4.13. The Morgan fingerprint density at radius 3 is 2.65 bits per heavy atom. The number of sulfonamides is 1. The molecule has 1 aromatic carbocycles. The minimum atomic E-state index is -3.48. The summed E-state index contributed by atoms with van der Waals surface area (Å²) in [6.07, 6.45) is 0. The third kappa shape index (κ3) is 3.29. The molecule has 4 nitrogen and oxygen atoms in total. The molecule has 0 bridgehead atoms. The van der Waals surface area contributed by atoms with E-state index in [1.807, 2.05) is 19.1 Å². The van der Waals surface area contributed by atoms with Crippen molar-refractivity contribution in [2.45, 2.75) is 18.7 Å². The van der Waals surface area contributed by atoms with Crippen LogP contribution in [-0.4, -0.2) is 26.3 Å². The Kier molecular flexibility index (Phi) is 4.27. The van der Waals surface area contributed by atoms with Crippen LogP contribution in [0.15, 0.2) is 29.2 Å². The van der Waals surface area contributed by atoms with Crippen LogP contribution >= 0.6 is 0 Å². The first kappa shape index (κ1) is 13.7. The molecule has 5 heteroatoms. The van der Waals surface area contributed by atoms with Crippen molar-refractivity contribution in [3.05, 3.63) is 29.8 Å². The minimum absolute atomic E-state index is 0.201. The second-order valence-corrected chi connectivity index (χ2v) is 6.18. The number of rotatable bonds is 4. The summed E-state index contributed by atoms with van der Waals surface area (Å²) < 4.78 is 25.5. The molecule has 0 spiro atoms. The molecule has 1 aromatic rings. The van der Waals surface area contributed by atoms with Gasteiger partial charge in [-0.25, -0.2) is 8.42 Å². The fourth-order valence-corrected chi connectivity index (χ4v) is 2.85. The quantitative estimate of drug-likeness (QED) is 0.820. The van der Waals surface area contributed by atoms with Crippen molar-refractivity contribution in [3.8, 4) is 6.07 Å². The maximum Gasteiger partial charge on any atom is 0.242 e. The number of nitrogens with zero attached hydrogens (tertiary/aromatic N) is 2. The number of benzene rings is 1. The third-order valence-corrected chi connectivity index (χ3v) is 4.27. The van der Waals surface area contributed by atoms with Crippen LogP contribution < -0.4 is 0 Å². The van der Waals surface area contributed by atoms with Gasteiger partial charge in [-0.3, -0.25) is 0 Å². The minimum Gasteiger partial charge on any atom is -0.207 e. The molecule has 1 rings (SSSR count). The summed E-state index contributed by atoms with van der Waals surface area (Å²) in [7, 11) is -1.99. The van der Waals surface area contributed by atoms with Gasteiger partial charge in [-0.05, 0) is 31.5 Å². The molecule has 0 saturated carbocycles. The van der Waals surface area contributed by atoms with Crippen LogP contribution in [0.4, 0.5) is 0 Å². The highest BCUT2D eigenvalue weighted by molar-refractivity contribution is 7.89. The molecule has 0 aliphatic carbocycles. The fraction of sp³-hybridized carbons (Fsp3) is 0.417. The molecule has 0 aliphatic rings. The van der Waals surface area contributed by atoms with Crippen LogP contribution in [0.5, 0.6) is 0 Å². The lowest BCUT2D eigenvalue weighted by atomic mass is 10.2. The first-order valence-corrected chi connectivity index (χ1v) is 6.74. The number of hydrogen-bond donors (Lipinski definition) is 0. The lowest BCUT2D eigenvalue weighted by molar-refractivity contribution is 0.439. The molecule has 17 heavy (non-hydrogen) atoms. The molecule has 1 atom stereocenters. The Morgan fingerprint density at radius 2 is 2.12 bits per heavy atom. The molecule has 0 saturated heterocycles. The Bertz CT molecular complexity index is 532. The third-order valence-electron chi connectivity index (χ3n) is 2.45. The molecular weight excluding hydrogens is 236 g/mol. The zero-order chi connectivity index (χ0) is 13.1. The maximum absolute atomic E-state index is 12.2. The van der Waals surface area contributed by atoms with E-state index in [1.165, 1.54) is 11.4 Å². The van der Waals surface area contributed by atoms with Gasteiger partial charge in [-0.1, -0.05) is 12.1 Å². The fourth-order valence-electron chi connectivity index (χ4n) is 1.48. The summed E-state index contributed by atoms with van der Waals surface area (Å²) >= 11 is 0. The van der Waals surface area contributed by atoms with E-state index in [0.717, 1.165) is 5.56 Å². The molecular formula is C12H16N2O2S. The highest BCUT2D eigenvalue weighted by Gasteiger charge is 2.22. The smallest absolute Gasteiger partial charge is 0.207 e. The van der Waals surface area contributed by atoms with E-state index in [-0.39, 0.29) is 17.4 Å². The van der Waals surface area contributed by atoms with Gasteiger partial charge in [-0.2, -0.15) is 9.57 Å². The van der Waals surface area contributed by atoms with Crippen LogP contribution in [0, 0.1) is 24.2 Å². The number of hydrogen-bond acceptors (Lipinski definition) is 3. The van der Waals surface area contributed by atoms with Crippen molar-refractivity contribution in [2.75, 3.05) is 13.6 Å². The number of nitriles is 1. The van der Waals surface area contributed by atoms with E-state index in [1.54, 1.807) is 25.1 Å². The summed E-state index contributed by atoms with van der Waals surface area (Å²) in [6.45, 7) is 3.74. The van der Waals surface area contributed by atoms with E-state index in [2.05, 4.69) is 0 Å². The first-order chi connectivity index (χ1) is 7.87. The topological polar surface area (TPSA) is 61.2 Å². The molecule has 0 amide bonds. The van der Waals surface area contributed by atoms with Crippen LogP contribution in [0.2, 0.25) is 0 Å².